The van der Waals surface area contributed by atoms with E-state index in [1.807, 2.05) is 45.0 Å². The lowest BCUT2D eigenvalue weighted by atomic mass is 9.77. The molecule has 14 heteroatoms. The predicted molar refractivity (Wildman–Crippen MR) is 230 cm³/mol. The van der Waals surface area contributed by atoms with E-state index in [1.54, 1.807) is 13.0 Å². The number of para-hydroxylation sites is 1. The molecular weight excluding hydrogens is 797 g/mol. The Morgan fingerprint density at radius 1 is 1.07 bits per heavy atom. The number of benzene rings is 1. The van der Waals surface area contributed by atoms with Gasteiger partial charge in [0.1, 0.15) is 18.0 Å². The molecule has 2 bridgehead atoms. The van der Waals surface area contributed by atoms with Crippen LogP contribution in [0.1, 0.15) is 117 Å². The van der Waals surface area contributed by atoms with Gasteiger partial charge in [0.2, 0.25) is 27.7 Å². The number of pyridine rings is 1. The lowest BCUT2D eigenvalue weighted by molar-refractivity contribution is -0.154. The Hall–Kier alpha value is -4.04. The monoisotopic (exact) mass is 860 g/mol. The first kappa shape index (κ1) is 43.6. The Kier molecular flexibility index (Phi) is 12.1. The van der Waals surface area contributed by atoms with Crippen LogP contribution in [0.25, 0.3) is 10.9 Å². The number of aromatic nitrogens is 1. The molecule has 2 amide bonds. The molecule has 3 aliphatic carbocycles. The van der Waals surface area contributed by atoms with Gasteiger partial charge < -0.3 is 24.0 Å². The molecule has 1 N–H and O–H groups in total. The summed E-state index contributed by atoms with van der Waals surface area (Å²) in [6.45, 7) is 15.0. The van der Waals surface area contributed by atoms with Crippen LogP contribution in [0.5, 0.6) is 11.6 Å². The molecule has 5 fully saturated rings. The largest absolute Gasteiger partial charge is 0.492 e. The maximum atomic E-state index is 14.9. The van der Waals surface area contributed by atoms with Gasteiger partial charge in [-0.3, -0.25) is 23.9 Å². The molecule has 61 heavy (non-hydrogen) atoms. The van der Waals surface area contributed by atoms with E-state index < -0.39 is 61.5 Å². The number of ether oxygens (including phenoxy) is 3. The van der Waals surface area contributed by atoms with Crippen LogP contribution in [0.15, 0.2) is 36.9 Å². The summed E-state index contributed by atoms with van der Waals surface area (Å²) in [5.74, 6) is -1.60. The first-order valence-corrected chi connectivity index (χ1v) is 24.2. The van der Waals surface area contributed by atoms with Crippen molar-refractivity contribution in [1.29, 1.82) is 0 Å². The molecule has 3 saturated carbocycles. The van der Waals surface area contributed by atoms with Crippen molar-refractivity contribution in [3.8, 4) is 11.6 Å². The van der Waals surface area contributed by atoms with Gasteiger partial charge in [0, 0.05) is 24.8 Å². The molecule has 1 aromatic heterocycles. The molecule has 8 rings (SSSR count). The number of hydrogen-bond acceptors (Lipinski definition) is 11. The molecule has 7 atom stereocenters. The van der Waals surface area contributed by atoms with E-state index in [9.17, 15) is 27.6 Å². The van der Waals surface area contributed by atoms with Gasteiger partial charge in [0.25, 0.3) is 0 Å². The summed E-state index contributed by atoms with van der Waals surface area (Å²) >= 11 is 0. The maximum absolute atomic E-state index is 14.9. The highest BCUT2D eigenvalue weighted by atomic mass is 32.2. The Morgan fingerprint density at radius 2 is 1.84 bits per heavy atom. The van der Waals surface area contributed by atoms with Crippen LogP contribution < -0.4 is 14.2 Å². The maximum Gasteiger partial charge on any atom is 0.306 e. The highest BCUT2D eigenvalue weighted by Crippen LogP contribution is 2.57. The topological polar surface area (TPSA) is 162 Å². The smallest absolute Gasteiger partial charge is 0.306 e. The summed E-state index contributed by atoms with van der Waals surface area (Å²) in [4.78, 5) is 66.1. The van der Waals surface area contributed by atoms with Crippen molar-refractivity contribution in [3.63, 3.8) is 0 Å². The van der Waals surface area contributed by atoms with Crippen LogP contribution >= 0.6 is 0 Å². The Bertz CT molecular complexity index is 2160. The summed E-state index contributed by atoms with van der Waals surface area (Å²) < 4.78 is 47.2. The molecule has 2 saturated heterocycles. The lowest BCUT2D eigenvalue weighted by Gasteiger charge is -2.34. The highest BCUT2D eigenvalue weighted by molar-refractivity contribution is 7.91. The molecule has 3 aliphatic heterocycles. The van der Waals surface area contributed by atoms with E-state index in [2.05, 4.69) is 16.2 Å². The molecule has 4 heterocycles. The summed E-state index contributed by atoms with van der Waals surface area (Å²) in [7, 11) is -3.96. The standard InChI is InChI=1S/C47H64N4O9S/c1-6-31-27-47(31,44(55)49-61(56,57)46(5)18-19-46)28-38(52)37-25-32-29-51(37)43(54)35(45(2,3)4)26-40(53)60-39-24-30(39)14-8-7-9-16-34-41(58-23-13-22-50-20-12-21-50)33-15-10-11-17-36(33)48-42(34)59-32/h6,10-11,15,17,30-32,35,37,39H,1,7-9,12-14,16,18-29H2,2-5H3,(H,49,55)/t30-,31-,32-,35-,37+,39-,47-/m1/s1. The molecule has 1 aromatic carbocycles. The third-order valence-electron chi connectivity index (χ3n) is 14.5. The molecular formula is C47H64N4O9S. The third kappa shape index (κ3) is 9.22. The van der Waals surface area contributed by atoms with Crippen molar-refractivity contribution in [2.24, 2.45) is 28.6 Å². The van der Waals surface area contributed by atoms with E-state index in [-0.39, 0.29) is 50.0 Å². The van der Waals surface area contributed by atoms with E-state index in [4.69, 9.17) is 19.2 Å². The second-order valence-electron chi connectivity index (χ2n) is 20.1. The Balaban J connectivity index is 1.12. The first-order valence-electron chi connectivity index (χ1n) is 22.7. The van der Waals surface area contributed by atoms with Crippen molar-refractivity contribution in [2.75, 3.05) is 32.8 Å². The zero-order chi connectivity index (χ0) is 43.3. The molecule has 0 radical (unpaired) electrons. The average Bonchev–Trinajstić information content (AvgIpc) is 4.15. The van der Waals surface area contributed by atoms with Crippen LogP contribution in [-0.2, 0) is 40.4 Å². The third-order valence-corrected chi connectivity index (χ3v) is 16.6. The minimum absolute atomic E-state index is 0.0539. The van der Waals surface area contributed by atoms with Gasteiger partial charge in [0.15, 0.2) is 5.78 Å². The van der Waals surface area contributed by atoms with E-state index in [1.165, 1.54) is 11.3 Å². The fourth-order valence-electron chi connectivity index (χ4n) is 9.65. The minimum Gasteiger partial charge on any atom is -0.492 e. The van der Waals surface area contributed by atoms with Gasteiger partial charge in [-0.1, -0.05) is 51.8 Å². The van der Waals surface area contributed by atoms with Crippen molar-refractivity contribution < 1.29 is 41.8 Å². The second kappa shape index (κ2) is 16.9. The first-order chi connectivity index (χ1) is 29.0. The van der Waals surface area contributed by atoms with Gasteiger partial charge in [0.05, 0.1) is 52.8 Å². The predicted octanol–water partition coefficient (Wildman–Crippen LogP) is 6.31. The van der Waals surface area contributed by atoms with Crippen LogP contribution in [0, 0.1) is 28.6 Å². The SMILES string of the molecule is C=C[C@@H]1C[C@]1(CC(=O)[C@@H]1C[C@@H]2CN1C(=O)[C@H](C(C)(C)C)CC(=O)O[C@@H]1C[C@H]1CCCCCc1c(nc3ccccc3c1OCCCN1CCC1)O2)C(=O)NS(=O)(=O)C1(C)CC1. The number of allylic oxidation sites excluding steroid dienone is 1. The number of amides is 2. The Morgan fingerprint density at radius 3 is 2.52 bits per heavy atom. The minimum atomic E-state index is -3.96. The number of Topliss-reactive ketones (excluding diaryl/α,β-unsaturated/α-hetero) is 1. The van der Waals surface area contributed by atoms with Crippen molar-refractivity contribution in [3.05, 3.63) is 42.5 Å². The number of fused-ring (bicyclic) bond motifs is 5. The molecule has 332 valence electrons. The quantitative estimate of drug-likeness (QED) is 0.145. The average molecular weight is 861 g/mol. The molecule has 6 aliphatic rings. The number of nitrogens with one attached hydrogen (secondary N) is 1. The summed E-state index contributed by atoms with van der Waals surface area (Å²) in [6, 6.07) is 6.88. The lowest BCUT2D eigenvalue weighted by Crippen LogP contribution is -2.49. The summed E-state index contributed by atoms with van der Waals surface area (Å²) in [6.07, 6.45) is 9.05. The van der Waals surface area contributed by atoms with Gasteiger partial charge in [-0.25, -0.2) is 13.4 Å². The number of nitrogens with zero attached hydrogens (tertiary/aromatic N) is 3. The number of sulfonamides is 1. The van der Waals surface area contributed by atoms with Crippen LogP contribution in [0.4, 0.5) is 0 Å². The fraction of sp³-hybridized carbons (Fsp3) is 0.681. The number of carbonyl (C=O) groups excluding carboxylic acids is 4. The van der Waals surface area contributed by atoms with Crippen molar-refractivity contribution in [2.45, 2.75) is 141 Å². The Labute approximate surface area is 360 Å². The van der Waals surface area contributed by atoms with Crippen LogP contribution in [-0.4, -0.2) is 103 Å². The van der Waals surface area contributed by atoms with Gasteiger partial charge in [-0.05, 0) is 107 Å². The molecule has 13 nitrogen and oxygen atoms in total. The summed E-state index contributed by atoms with van der Waals surface area (Å²) in [5.41, 5.74) is -0.381. The second-order valence-corrected chi connectivity index (χ2v) is 22.3. The normalized spacial score (nSPS) is 30.3. The number of esters is 1. The van der Waals surface area contributed by atoms with Crippen LogP contribution in [0.2, 0.25) is 0 Å². The summed E-state index contributed by atoms with van der Waals surface area (Å²) in [5, 5.41) is 0.908. The van der Waals surface area contributed by atoms with Gasteiger partial charge in [-0.2, -0.15) is 0 Å². The number of likely N-dealkylation sites (tertiary alicyclic amines) is 1. The zero-order valence-corrected chi connectivity index (χ0v) is 37.2. The fourth-order valence-corrected chi connectivity index (χ4v) is 11.0. The van der Waals surface area contributed by atoms with Crippen molar-refractivity contribution >= 4 is 44.5 Å². The van der Waals surface area contributed by atoms with Gasteiger partial charge >= 0.3 is 5.97 Å². The van der Waals surface area contributed by atoms with E-state index >= 15 is 0 Å². The van der Waals surface area contributed by atoms with E-state index in [0.29, 0.717) is 37.7 Å². The number of rotatable bonds is 12. The molecule has 2 aromatic rings. The van der Waals surface area contributed by atoms with Gasteiger partial charge in [-0.15, -0.1) is 6.58 Å². The molecule has 0 spiro atoms. The van der Waals surface area contributed by atoms with Crippen molar-refractivity contribution in [1.82, 2.24) is 19.5 Å². The number of ketones is 1. The number of carbonyl (C=O) groups is 4. The van der Waals surface area contributed by atoms with E-state index in [0.717, 1.165) is 80.4 Å². The zero-order valence-electron chi connectivity index (χ0n) is 36.4. The highest BCUT2D eigenvalue weighted by Gasteiger charge is 2.62. The van der Waals surface area contributed by atoms with Crippen LogP contribution in [0.3, 0.4) is 0 Å². The molecule has 0 unspecified atom stereocenters. The number of hydrogen-bond donors (Lipinski definition) is 1.